The Bertz CT molecular complexity index is 937. The second-order valence-electron chi connectivity index (χ2n) is 5.46. The van der Waals surface area contributed by atoms with Gasteiger partial charge in [0.05, 0.1) is 30.1 Å². The van der Waals surface area contributed by atoms with E-state index in [1.807, 2.05) is 6.07 Å². The number of carbonyl (C=O) groups is 1. The smallest absolute Gasteiger partial charge is 0.239 e. The second-order valence-corrected chi connectivity index (χ2v) is 7.21. The van der Waals surface area contributed by atoms with E-state index in [9.17, 15) is 17.6 Å². The Morgan fingerprint density at radius 1 is 1.19 bits per heavy atom. The number of anilines is 2. The van der Waals surface area contributed by atoms with Crippen LogP contribution in [-0.4, -0.2) is 27.1 Å². The van der Waals surface area contributed by atoms with E-state index >= 15 is 0 Å². The maximum Gasteiger partial charge on any atom is 0.239 e. The minimum Gasteiger partial charge on any atom is -0.376 e. The van der Waals surface area contributed by atoms with Gasteiger partial charge in [0.15, 0.2) is 0 Å². The van der Waals surface area contributed by atoms with Crippen LogP contribution in [0.3, 0.4) is 0 Å². The van der Waals surface area contributed by atoms with Crippen LogP contribution in [0.25, 0.3) is 0 Å². The van der Waals surface area contributed by atoms with Gasteiger partial charge in [0.1, 0.15) is 5.82 Å². The summed E-state index contributed by atoms with van der Waals surface area (Å²) >= 11 is 0. The number of halogens is 1. The van der Waals surface area contributed by atoms with Gasteiger partial charge in [-0.1, -0.05) is 6.07 Å². The molecule has 0 aliphatic carbocycles. The summed E-state index contributed by atoms with van der Waals surface area (Å²) in [7, 11) is -3.57. The minimum atomic E-state index is -3.57. The van der Waals surface area contributed by atoms with E-state index in [0.717, 1.165) is 6.26 Å². The Morgan fingerprint density at radius 3 is 2.50 bits per heavy atom. The Balaban J connectivity index is 1.95. The van der Waals surface area contributed by atoms with Crippen molar-refractivity contribution in [3.63, 3.8) is 0 Å². The quantitative estimate of drug-likeness (QED) is 0.682. The maximum absolute atomic E-state index is 14.0. The fourth-order valence-corrected chi connectivity index (χ4v) is 2.72. The van der Waals surface area contributed by atoms with Crippen molar-refractivity contribution >= 4 is 27.3 Å². The van der Waals surface area contributed by atoms with Crippen LogP contribution in [0.2, 0.25) is 0 Å². The molecule has 0 aromatic heterocycles. The molecule has 1 amide bonds. The first-order valence-corrected chi connectivity index (χ1v) is 9.43. The summed E-state index contributed by atoms with van der Waals surface area (Å²) in [5, 5.41) is 14.1. The van der Waals surface area contributed by atoms with Crippen LogP contribution < -0.4 is 15.4 Å². The molecule has 0 saturated heterocycles. The van der Waals surface area contributed by atoms with Crippen molar-refractivity contribution in [2.24, 2.45) is 0 Å². The number of hydrogen-bond donors (Lipinski definition) is 3. The van der Waals surface area contributed by atoms with E-state index in [1.165, 1.54) is 18.2 Å². The van der Waals surface area contributed by atoms with Gasteiger partial charge in [0, 0.05) is 17.8 Å². The zero-order valence-electron chi connectivity index (χ0n) is 13.9. The largest absolute Gasteiger partial charge is 0.376 e. The van der Waals surface area contributed by atoms with Gasteiger partial charge in [-0.3, -0.25) is 9.52 Å². The normalized spacial score (nSPS) is 10.7. The molecule has 26 heavy (non-hydrogen) atoms. The van der Waals surface area contributed by atoms with E-state index in [0.29, 0.717) is 11.3 Å². The molecule has 0 aliphatic heterocycles. The van der Waals surface area contributed by atoms with Crippen molar-refractivity contribution in [3.05, 3.63) is 59.4 Å². The number of nitrogens with zero attached hydrogens (tertiary/aromatic N) is 1. The highest BCUT2D eigenvalue weighted by Crippen LogP contribution is 2.19. The van der Waals surface area contributed by atoms with Crippen molar-refractivity contribution in [3.8, 4) is 6.07 Å². The summed E-state index contributed by atoms with van der Waals surface area (Å²) in [6, 6.07) is 12.5. The second kappa shape index (κ2) is 8.31. The highest BCUT2D eigenvalue weighted by molar-refractivity contribution is 7.92. The summed E-state index contributed by atoms with van der Waals surface area (Å²) in [5.41, 5.74) is 1.28. The molecule has 2 aromatic rings. The molecule has 0 bridgehead atoms. The molecule has 3 N–H and O–H groups in total. The first-order valence-electron chi connectivity index (χ1n) is 7.54. The summed E-state index contributed by atoms with van der Waals surface area (Å²) in [4.78, 5) is 11.9. The van der Waals surface area contributed by atoms with Crippen LogP contribution in [-0.2, 0) is 21.4 Å². The number of rotatable bonds is 7. The van der Waals surface area contributed by atoms with Crippen molar-refractivity contribution < 1.29 is 17.6 Å². The lowest BCUT2D eigenvalue weighted by Crippen LogP contribution is -2.30. The van der Waals surface area contributed by atoms with E-state index in [4.69, 9.17) is 5.26 Å². The summed E-state index contributed by atoms with van der Waals surface area (Å²) < 4.78 is 38.9. The Kier molecular flexibility index (Phi) is 6.14. The first-order chi connectivity index (χ1) is 12.3. The number of benzene rings is 2. The topological polar surface area (TPSA) is 111 Å². The molecule has 7 nitrogen and oxygen atoms in total. The molecule has 0 spiro atoms. The van der Waals surface area contributed by atoms with Gasteiger partial charge in [-0.15, -0.1) is 0 Å². The lowest BCUT2D eigenvalue weighted by molar-refractivity contribution is -0.119. The minimum absolute atomic E-state index is 0.0460. The lowest BCUT2D eigenvalue weighted by atomic mass is 10.1. The van der Waals surface area contributed by atoms with Gasteiger partial charge in [-0.25, -0.2) is 12.8 Å². The van der Waals surface area contributed by atoms with Gasteiger partial charge in [-0.05, 0) is 36.4 Å². The first kappa shape index (κ1) is 19.2. The Labute approximate surface area is 150 Å². The predicted molar refractivity (Wildman–Crippen MR) is 96.4 cm³/mol. The fraction of sp³-hybridized carbons (Fsp3) is 0.176. The van der Waals surface area contributed by atoms with Crippen molar-refractivity contribution in [2.45, 2.75) is 6.54 Å². The van der Waals surface area contributed by atoms with E-state index in [2.05, 4.69) is 15.4 Å². The third kappa shape index (κ3) is 5.75. The van der Waals surface area contributed by atoms with Crippen LogP contribution in [0.4, 0.5) is 15.8 Å². The number of sulfonamides is 1. The average Bonchev–Trinajstić information content (AvgIpc) is 2.58. The third-order valence-corrected chi connectivity index (χ3v) is 3.93. The molecule has 0 radical (unpaired) electrons. The molecule has 0 fully saturated rings. The number of hydrogen-bond acceptors (Lipinski definition) is 5. The number of nitrogens with one attached hydrogen (secondary N) is 3. The van der Waals surface area contributed by atoms with E-state index < -0.39 is 21.7 Å². The van der Waals surface area contributed by atoms with Gasteiger partial charge in [0.2, 0.25) is 15.9 Å². The lowest BCUT2D eigenvalue weighted by Gasteiger charge is -2.13. The van der Waals surface area contributed by atoms with Crippen LogP contribution in [0.15, 0.2) is 42.5 Å². The van der Waals surface area contributed by atoms with Gasteiger partial charge < -0.3 is 10.6 Å². The highest BCUT2D eigenvalue weighted by Gasteiger charge is 2.13. The van der Waals surface area contributed by atoms with Crippen molar-refractivity contribution in [1.82, 2.24) is 5.32 Å². The molecule has 0 aliphatic rings. The third-order valence-electron chi connectivity index (χ3n) is 3.34. The Hall–Kier alpha value is -3.12. The molecule has 2 aromatic carbocycles. The molecule has 136 valence electrons. The summed E-state index contributed by atoms with van der Waals surface area (Å²) in [5.74, 6) is -1.03. The monoisotopic (exact) mass is 376 g/mol. The van der Waals surface area contributed by atoms with Crippen molar-refractivity contribution in [2.75, 3.05) is 22.8 Å². The van der Waals surface area contributed by atoms with Gasteiger partial charge >= 0.3 is 0 Å². The van der Waals surface area contributed by atoms with Gasteiger partial charge in [0.25, 0.3) is 0 Å². The zero-order chi connectivity index (χ0) is 19.2. The van der Waals surface area contributed by atoms with E-state index in [-0.39, 0.29) is 24.3 Å². The molecule has 0 atom stereocenters. The average molecular weight is 376 g/mol. The van der Waals surface area contributed by atoms with Crippen LogP contribution in [0.5, 0.6) is 0 Å². The summed E-state index contributed by atoms with van der Waals surface area (Å²) in [6.07, 6.45) is 0.960. The SMILES string of the molecule is CS(=O)(=O)Nc1cccc(F)c1CNC(=O)CNc1ccc(C#N)cc1. The molecular weight excluding hydrogens is 359 g/mol. The molecule has 0 heterocycles. The van der Waals surface area contributed by atoms with Crippen molar-refractivity contribution in [1.29, 1.82) is 5.26 Å². The molecule has 9 heteroatoms. The Morgan fingerprint density at radius 2 is 1.88 bits per heavy atom. The molecule has 2 rings (SSSR count). The maximum atomic E-state index is 14.0. The fourth-order valence-electron chi connectivity index (χ4n) is 2.13. The predicted octanol–water partition coefficient (Wildman–Crippen LogP) is 1.80. The number of amides is 1. The molecule has 0 saturated carbocycles. The standard InChI is InChI=1S/C17H17FN4O3S/c1-26(24,25)22-16-4-2-3-15(18)14(16)10-21-17(23)11-20-13-7-5-12(9-19)6-8-13/h2-8,20,22H,10-11H2,1H3,(H,21,23). The van der Waals surface area contributed by atoms with Gasteiger partial charge in [-0.2, -0.15) is 5.26 Å². The summed E-state index contributed by atoms with van der Waals surface area (Å²) in [6.45, 7) is -0.229. The van der Waals surface area contributed by atoms with Crippen LogP contribution >= 0.6 is 0 Å². The highest BCUT2D eigenvalue weighted by atomic mass is 32.2. The number of carbonyl (C=O) groups excluding carboxylic acids is 1. The zero-order valence-corrected chi connectivity index (χ0v) is 14.7. The molecular formula is C17H17FN4O3S. The molecule has 0 unspecified atom stereocenters. The van der Waals surface area contributed by atoms with E-state index in [1.54, 1.807) is 24.3 Å². The van der Waals surface area contributed by atoms with Crippen LogP contribution in [0.1, 0.15) is 11.1 Å². The van der Waals surface area contributed by atoms with Crippen LogP contribution in [0, 0.1) is 17.1 Å². The number of nitriles is 1.